The Bertz CT molecular complexity index is 897. The van der Waals surface area contributed by atoms with E-state index in [0.29, 0.717) is 15.9 Å². The number of aromatic nitrogens is 2. The van der Waals surface area contributed by atoms with Crippen molar-refractivity contribution in [1.82, 2.24) is 9.78 Å². The number of rotatable bonds is 5. The molecule has 7 heteroatoms. The Balaban J connectivity index is 1.70. The van der Waals surface area contributed by atoms with Gasteiger partial charge in [0.05, 0.1) is 22.2 Å². The number of aryl methyl sites for hydroxylation is 1. The van der Waals surface area contributed by atoms with Gasteiger partial charge in [-0.3, -0.25) is 4.79 Å². The number of carbonyl (C=O) groups excluding carboxylic acids is 1. The summed E-state index contributed by atoms with van der Waals surface area (Å²) in [6.45, 7) is 1.88. The van der Waals surface area contributed by atoms with E-state index in [-0.39, 0.29) is 11.7 Å². The number of nitrogens with zero attached hydrogens (tertiary/aromatic N) is 2. The second-order valence-corrected chi connectivity index (χ2v) is 7.19. The molecule has 4 nitrogen and oxygen atoms in total. The van der Waals surface area contributed by atoms with Crippen molar-refractivity contribution >= 4 is 46.7 Å². The van der Waals surface area contributed by atoms with Crippen molar-refractivity contribution in [3.8, 4) is 5.69 Å². The van der Waals surface area contributed by atoms with Crippen LogP contribution in [0, 0.1) is 6.92 Å². The van der Waals surface area contributed by atoms with Crippen molar-refractivity contribution in [3.63, 3.8) is 0 Å². The SMILES string of the molecule is Cc1cc(NC(=O)CSc2cc(Cl)ccc2Cl)n(-c2ccccc2)n1. The van der Waals surface area contributed by atoms with Crippen molar-refractivity contribution in [3.05, 3.63) is 70.3 Å². The molecule has 1 N–H and O–H groups in total. The minimum Gasteiger partial charge on any atom is -0.310 e. The fourth-order valence-electron chi connectivity index (χ4n) is 2.26. The highest BCUT2D eigenvalue weighted by atomic mass is 35.5. The monoisotopic (exact) mass is 391 g/mol. The van der Waals surface area contributed by atoms with Crippen LogP contribution in [0.15, 0.2) is 59.5 Å². The maximum atomic E-state index is 12.3. The second kappa shape index (κ2) is 7.95. The number of halogens is 2. The maximum absolute atomic E-state index is 12.3. The van der Waals surface area contributed by atoms with E-state index in [2.05, 4.69) is 10.4 Å². The zero-order valence-electron chi connectivity index (χ0n) is 13.4. The van der Waals surface area contributed by atoms with Crippen LogP contribution < -0.4 is 5.32 Å². The number of hydrogen-bond acceptors (Lipinski definition) is 3. The molecule has 1 aromatic heterocycles. The standard InChI is InChI=1S/C18H15Cl2N3OS/c1-12-9-17(23(22-12)14-5-3-2-4-6-14)21-18(24)11-25-16-10-13(19)7-8-15(16)20/h2-10H,11H2,1H3,(H,21,24). The number of nitrogens with one attached hydrogen (secondary N) is 1. The number of thioether (sulfide) groups is 1. The topological polar surface area (TPSA) is 46.9 Å². The molecular weight excluding hydrogens is 377 g/mol. The molecule has 1 heterocycles. The van der Waals surface area contributed by atoms with E-state index in [1.165, 1.54) is 11.8 Å². The average Bonchev–Trinajstić information content (AvgIpc) is 2.96. The van der Waals surface area contributed by atoms with Crippen LogP contribution in [0.25, 0.3) is 5.69 Å². The third kappa shape index (κ3) is 4.57. The zero-order valence-corrected chi connectivity index (χ0v) is 15.7. The first-order valence-corrected chi connectivity index (χ1v) is 9.27. The number of amides is 1. The second-order valence-electron chi connectivity index (χ2n) is 5.33. The molecule has 25 heavy (non-hydrogen) atoms. The fourth-order valence-corrected chi connectivity index (χ4v) is 3.56. The molecule has 3 aromatic rings. The van der Waals surface area contributed by atoms with Crippen molar-refractivity contribution in [2.45, 2.75) is 11.8 Å². The van der Waals surface area contributed by atoms with E-state index in [1.807, 2.05) is 43.3 Å². The van der Waals surface area contributed by atoms with Crippen LogP contribution in [0.1, 0.15) is 5.69 Å². The highest BCUT2D eigenvalue weighted by molar-refractivity contribution is 8.00. The Hall–Kier alpha value is -1.95. The summed E-state index contributed by atoms with van der Waals surface area (Å²) in [4.78, 5) is 13.1. The Kier molecular flexibility index (Phi) is 5.68. The number of hydrogen-bond donors (Lipinski definition) is 1. The van der Waals surface area contributed by atoms with Crippen LogP contribution >= 0.6 is 35.0 Å². The Morgan fingerprint density at radius 2 is 1.92 bits per heavy atom. The van der Waals surface area contributed by atoms with Gasteiger partial charge >= 0.3 is 0 Å². The quantitative estimate of drug-likeness (QED) is 0.606. The van der Waals surface area contributed by atoms with Crippen molar-refractivity contribution in [2.24, 2.45) is 0 Å². The number of para-hydroxylation sites is 1. The van der Waals surface area contributed by atoms with Gasteiger partial charge in [0.15, 0.2) is 0 Å². The van der Waals surface area contributed by atoms with Gasteiger partial charge in [-0.25, -0.2) is 4.68 Å². The molecule has 0 bridgehead atoms. The maximum Gasteiger partial charge on any atom is 0.235 e. The van der Waals surface area contributed by atoms with Crippen molar-refractivity contribution in [1.29, 1.82) is 0 Å². The molecule has 1 amide bonds. The largest absolute Gasteiger partial charge is 0.310 e. The van der Waals surface area contributed by atoms with Gasteiger partial charge in [0.1, 0.15) is 5.82 Å². The lowest BCUT2D eigenvalue weighted by atomic mass is 10.3. The van der Waals surface area contributed by atoms with Crippen LogP contribution in [0.5, 0.6) is 0 Å². The van der Waals surface area contributed by atoms with Gasteiger partial charge in [-0.1, -0.05) is 41.4 Å². The highest BCUT2D eigenvalue weighted by Crippen LogP contribution is 2.30. The summed E-state index contributed by atoms with van der Waals surface area (Å²) in [5, 5.41) is 8.50. The lowest BCUT2D eigenvalue weighted by Gasteiger charge is -2.09. The van der Waals surface area contributed by atoms with Gasteiger partial charge in [0, 0.05) is 16.0 Å². The van der Waals surface area contributed by atoms with Gasteiger partial charge in [-0.05, 0) is 37.3 Å². The van der Waals surface area contributed by atoms with Crippen molar-refractivity contribution < 1.29 is 4.79 Å². The van der Waals surface area contributed by atoms with Crippen LogP contribution in [-0.4, -0.2) is 21.4 Å². The molecule has 0 aliphatic carbocycles. The molecule has 0 aliphatic rings. The van der Waals surface area contributed by atoms with Crippen LogP contribution in [-0.2, 0) is 4.79 Å². The molecule has 2 aromatic carbocycles. The van der Waals surface area contributed by atoms with E-state index >= 15 is 0 Å². The molecule has 0 saturated carbocycles. The van der Waals surface area contributed by atoms with Crippen molar-refractivity contribution in [2.75, 3.05) is 11.1 Å². The van der Waals surface area contributed by atoms with Gasteiger partial charge in [-0.2, -0.15) is 5.10 Å². The summed E-state index contributed by atoms with van der Waals surface area (Å²) in [5.74, 6) is 0.712. The molecule has 0 spiro atoms. The molecule has 0 unspecified atom stereocenters. The Morgan fingerprint density at radius 3 is 2.68 bits per heavy atom. The predicted octanol–water partition coefficient (Wildman–Crippen LogP) is 5.22. The summed E-state index contributed by atoms with van der Waals surface area (Å²) in [5.41, 5.74) is 1.71. The normalized spacial score (nSPS) is 10.7. The smallest absolute Gasteiger partial charge is 0.235 e. The summed E-state index contributed by atoms with van der Waals surface area (Å²) in [6.07, 6.45) is 0. The van der Waals surface area contributed by atoms with Crippen LogP contribution in [0.3, 0.4) is 0 Å². The van der Waals surface area contributed by atoms with E-state index in [4.69, 9.17) is 23.2 Å². The van der Waals surface area contributed by atoms with Gasteiger partial charge in [0.25, 0.3) is 0 Å². The number of carbonyl (C=O) groups is 1. The molecule has 0 radical (unpaired) electrons. The number of benzene rings is 2. The molecule has 128 valence electrons. The minimum absolute atomic E-state index is 0.141. The highest BCUT2D eigenvalue weighted by Gasteiger charge is 2.12. The lowest BCUT2D eigenvalue weighted by Crippen LogP contribution is -2.16. The number of anilines is 1. The molecule has 0 atom stereocenters. The van der Waals surface area contributed by atoms with Gasteiger partial charge in [-0.15, -0.1) is 11.8 Å². The predicted molar refractivity (Wildman–Crippen MR) is 104 cm³/mol. The van der Waals surface area contributed by atoms with E-state index in [1.54, 1.807) is 22.9 Å². The summed E-state index contributed by atoms with van der Waals surface area (Å²) in [7, 11) is 0. The van der Waals surface area contributed by atoms with E-state index in [0.717, 1.165) is 16.3 Å². The summed E-state index contributed by atoms with van der Waals surface area (Å²) in [6, 6.07) is 16.7. The zero-order chi connectivity index (χ0) is 17.8. The van der Waals surface area contributed by atoms with E-state index < -0.39 is 0 Å². The first-order valence-electron chi connectivity index (χ1n) is 7.53. The lowest BCUT2D eigenvalue weighted by molar-refractivity contribution is -0.113. The van der Waals surface area contributed by atoms with Crippen LogP contribution in [0.2, 0.25) is 10.0 Å². The molecule has 3 rings (SSSR count). The fraction of sp³-hybridized carbons (Fsp3) is 0.111. The Morgan fingerprint density at radius 1 is 1.16 bits per heavy atom. The third-order valence-electron chi connectivity index (χ3n) is 3.35. The summed E-state index contributed by atoms with van der Waals surface area (Å²) < 4.78 is 1.71. The minimum atomic E-state index is -0.141. The first-order chi connectivity index (χ1) is 12.0. The first kappa shape index (κ1) is 17.9. The third-order valence-corrected chi connectivity index (χ3v) is 5.08. The Labute approximate surface area is 160 Å². The average molecular weight is 392 g/mol. The van der Waals surface area contributed by atoms with E-state index in [9.17, 15) is 4.79 Å². The van der Waals surface area contributed by atoms with Gasteiger partial charge < -0.3 is 5.32 Å². The summed E-state index contributed by atoms with van der Waals surface area (Å²) >= 11 is 13.4. The van der Waals surface area contributed by atoms with Gasteiger partial charge in [0.2, 0.25) is 5.91 Å². The molecule has 0 saturated heterocycles. The molecular formula is C18H15Cl2N3OS. The van der Waals surface area contributed by atoms with Crippen LogP contribution in [0.4, 0.5) is 5.82 Å². The molecule has 0 fully saturated rings. The molecule has 0 aliphatic heterocycles.